The lowest BCUT2D eigenvalue weighted by Gasteiger charge is -2.18. The molecule has 0 saturated carbocycles. The van der Waals surface area contributed by atoms with Gasteiger partial charge in [0.1, 0.15) is 0 Å². The van der Waals surface area contributed by atoms with Crippen LogP contribution in [0.1, 0.15) is 49.6 Å². The molecule has 21 heavy (non-hydrogen) atoms. The average Bonchev–Trinajstić information content (AvgIpc) is 3.01. The molecule has 0 spiro atoms. The number of hydrogen-bond acceptors (Lipinski definition) is 3. The highest BCUT2D eigenvalue weighted by Gasteiger charge is 2.18. The zero-order valence-corrected chi connectivity index (χ0v) is 13.8. The van der Waals surface area contributed by atoms with Crippen LogP contribution in [0.2, 0.25) is 0 Å². The Bertz CT molecular complexity index is 582. The molecule has 0 saturated heterocycles. The summed E-state index contributed by atoms with van der Waals surface area (Å²) in [5, 5.41) is 12.7. The molecule has 1 unspecified atom stereocenters. The number of likely N-dealkylation sites (N-methyl/N-ethyl adjacent to an activating group) is 1. The lowest BCUT2D eigenvalue weighted by Crippen LogP contribution is -2.26. The first-order valence-electron chi connectivity index (χ1n) is 7.88. The van der Waals surface area contributed by atoms with Crippen molar-refractivity contribution in [3.63, 3.8) is 0 Å². The van der Waals surface area contributed by atoms with E-state index in [2.05, 4.69) is 60.0 Å². The van der Waals surface area contributed by atoms with E-state index in [0.29, 0.717) is 0 Å². The van der Waals surface area contributed by atoms with Crippen molar-refractivity contribution >= 4 is 0 Å². The summed E-state index contributed by atoms with van der Waals surface area (Å²) in [6.07, 6.45) is 1.91. The van der Waals surface area contributed by atoms with Crippen molar-refractivity contribution in [1.82, 2.24) is 24.9 Å². The minimum absolute atomic E-state index is 0.272. The molecule has 0 fully saturated rings. The molecular formula is C16H27N5. The van der Waals surface area contributed by atoms with Gasteiger partial charge in [-0.15, -0.1) is 0 Å². The van der Waals surface area contributed by atoms with Gasteiger partial charge in [-0.2, -0.15) is 10.2 Å². The predicted octanol–water partition coefficient (Wildman–Crippen LogP) is 2.40. The smallest absolute Gasteiger partial charge is 0.0625 e. The number of aromatic nitrogens is 4. The molecule has 1 atom stereocenters. The Kier molecular flexibility index (Phi) is 5.17. The number of aryl methyl sites for hydroxylation is 4. The molecular weight excluding hydrogens is 262 g/mol. The summed E-state index contributed by atoms with van der Waals surface area (Å²) in [5.74, 6) is 0. The molecule has 116 valence electrons. The van der Waals surface area contributed by atoms with Crippen LogP contribution in [0, 0.1) is 6.92 Å². The van der Waals surface area contributed by atoms with Crippen LogP contribution in [0.25, 0.3) is 0 Å². The van der Waals surface area contributed by atoms with E-state index in [0.717, 1.165) is 37.3 Å². The fourth-order valence-corrected chi connectivity index (χ4v) is 2.82. The SMILES string of the molecule is CCNC(Cc1cc(C)nn1CC)c1cc(CC)nn1C. The Balaban J connectivity index is 2.27. The maximum atomic E-state index is 4.58. The van der Waals surface area contributed by atoms with Crippen molar-refractivity contribution in [2.45, 2.75) is 53.1 Å². The van der Waals surface area contributed by atoms with E-state index in [1.807, 2.05) is 11.7 Å². The minimum atomic E-state index is 0.272. The number of hydrogen-bond donors (Lipinski definition) is 1. The summed E-state index contributed by atoms with van der Waals surface area (Å²) in [7, 11) is 2.03. The molecule has 0 amide bonds. The highest BCUT2D eigenvalue weighted by molar-refractivity contribution is 5.18. The van der Waals surface area contributed by atoms with Gasteiger partial charge in [-0.3, -0.25) is 9.36 Å². The van der Waals surface area contributed by atoms with Crippen molar-refractivity contribution in [3.8, 4) is 0 Å². The van der Waals surface area contributed by atoms with Crippen LogP contribution >= 0.6 is 0 Å². The van der Waals surface area contributed by atoms with Gasteiger partial charge in [0.25, 0.3) is 0 Å². The van der Waals surface area contributed by atoms with Crippen LogP contribution in [0.4, 0.5) is 0 Å². The molecule has 5 heteroatoms. The van der Waals surface area contributed by atoms with Gasteiger partial charge in [0, 0.05) is 25.7 Å². The van der Waals surface area contributed by atoms with E-state index in [4.69, 9.17) is 0 Å². The quantitative estimate of drug-likeness (QED) is 0.851. The summed E-state index contributed by atoms with van der Waals surface area (Å²) in [6.45, 7) is 10.3. The summed E-state index contributed by atoms with van der Waals surface area (Å²) >= 11 is 0. The summed E-state index contributed by atoms with van der Waals surface area (Å²) < 4.78 is 4.10. The highest BCUT2D eigenvalue weighted by atomic mass is 15.3. The monoisotopic (exact) mass is 289 g/mol. The fraction of sp³-hybridized carbons (Fsp3) is 0.625. The van der Waals surface area contributed by atoms with E-state index in [1.165, 1.54) is 11.4 Å². The molecule has 5 nitrogen and oxygen atoms in total. The van der Waals surface area contributed by atoms with Gasteiger partial charge in [0.15, 0.2) is 0 Å². The largest absolute Gasteiger partial charge is 0.309 e. The van der Waals surface area contributed by atoms with E-state index in [-0.39, 0.29) is 6.04 Å². The second-order valence-corrected chi connectivity index (χ2v) is 5.44. The zero-order chi connectivity index (χ0) is 15.4. The second-order valence-electron chi connectivity index (χ2n) is 5.44. The maximum Gasteiger partial charge on any atom is 0.0625 e. The van der Waals surface area contributed by atoms with Gasteiger partial charge in [-0.05, 0) is 38.9 Å². The third-order valence-corrected chi connectivity index (χ3v) is 3.83. The lowest BCUT2D eigenvalue weighted by molar-refractivity contribution is 0.485. The van der Waals surface area contributed by atoms with Crippen molar-refractivity contribution in [1.29, 1.82) is 0 Å². The standard InChI is InChI=1S/C16H27N5/c1-6-13-10-16(20(5)19-13)15(17-7-2)11-14-9-12(4)18-21(14)8-3/h9-10,15,17H,6-8,11H2,1-5H3. The van der Waals surface area contributed by atoms with E-state index >= 15 is 0 Å². The minimum Gasteiger partial charge on any atom is -0.309 e. The molecule has 0 aliphatic heterocycles. The summed E-state index contributed by atoms with van der Waals surface area (Å²) in [5.41, 5.74) is 4.76. The molecule has 0 aliphatic rings. The summed E-state index contributed by atoms with van der Waals surface area (Å²) in [4.78, 5) is 0. The van der Waals surface area contributed by atoms with Crippen LogP contribution in [0.5, 0.6) is 0 Å². The maximum absolute atomic E-state index is 4.58. The van der Waals surface area contributed by atoms with Gasteiger partial charge in [0.05, 0.1) is 23.1 Å². The van der Waals surface area contributed by atoms with Gasteiger partial charge in [-0.1, -0.05) is 13.8 Å². The predicted molar refractivity (Wildman–Crippen MR) is 85.3 cm³/mol. The van der Waals surface area contributed by atoms with Gasteiger partial charge < -0.3 is 5.32 Å². The fourth-order valence-electron chi connectivity index (χ4n) is 2.82. The Hall–Kier alpha value is -1.62. The molecule has 1 N–H and O–H groups in total. The molecule has 2 aromatic heterocycles. The molecule has 0 bridgehead atoms. The summed E-state index contributed by atoms with van der Waals surface area (Å²) in [6, 6.07) is 4.67. The first-order chi connectivity index (χ1) is 10.1. The lowest BCUT2D eigenvalue weighted by atomic mass is 10.1. The number of nitrogens with one attached hydrogen (secondary N) is 1. The Labute approximate surface area is 127 Å². The normalized spacial score (nSPS) is 12.8. The van der Waals surface area contributed by atoms with E-state index in [9.17, 15) is 0 Å². The molecule has 0 aromatic carbocycles. The Morgan fingerprint density at radius 2 is 1.95 bits per heavy atom. The molecule has 2 rings (SSSR count). The third-order valence-electron chi connectivity index (χ3n) is 3.83. The molecule has 2 heterocycles. The molecule has 2 aromatic rings. The zero-order valence-electron chi connectivity index (χ0n) is 13.8. The van der Waals surface area contributed by atoms with Crippen molar-refractivity contribution in [3.05, 3.63) is 34.9 Å². The van der Waals surface area contributed by atoms with Crippen LogP contribution in [-0.2, 0) is 26.4 Å². The second kappa shape index (κ2) is 6.89. The van der Waals surface area contributed by atoms with Crippen LogP contribution in [0.3, 0.4) is 0 Å². The first-order valence-corrected chi connectivity index (χ1v) is 7.88. The molecule has 0 radical (unpaired) electrons. The van der Waals surface area contributed by atoms with Crippen molar-refractivity contribution < 1.29 is 0 Å². The van der Waals surface area contributed by atoms with Crippen LogP contribution in [0.15, 0.2) is 12.1 Å². The Morgan fingerprint density at radius 3 is 2.52 bits per heavy atom. The van der Waals surface area contributed by atoms with Crippen molar-refractivity contribution in [2.75, 3.05) is 6.54 Å². The van der Waals surface area contributed by atoms with Crippen LogP contribution in [-0.4, -0.2) is 26.1 Å². The number of rotatable bonds is 7. The third kappa shape index (κ3) is 3.53. The first kappa shape index (κ1) is 15.8. The Morgan fingerprint density at radius 1 is 1.19 bits per heavy atom. The van der Waals surface area contributed by atoms with E-state index in [1.54, 1.807) is 0 Å². The van der Waals surface area contributed by atoms with Crippen LogP contribution < -0.4 is 5.32 Å². The van der Waals surface area contributed by atoms with E-state index < -0.39 is 0 Å². The highest BCUT2D eigenvalue weighted by Crippen LogP contribution is 2.20. The van der Waals surface area contributed by atoms with Gasteiger partial charge in [0.2, 0.25) is 0 Å². The van der Waals surface area contributed by atoms with Crippen molar-refractivity contribution in [2.24, 2.45) is 7.05 Å². The van der Waals surface area contributed by atoms with Gasteiger partial charge in [-0.25, -0.2) is 0 Å². The van der Waals surface area contributed by atoms with Gasteiger partial charge >= 0.3 is 0 Å². The topological polar surface area (TPSA) is 47.7 Å². The molecule has 0 aliphatic carbocycles. The number of nitrogens with zero attached hydrogens (tertiary/aromatic N) is 4. The average molecular weight is 289 g/mol.